The Kier molecular flexibility index (Phi) is 5.31. The Hall–Kier alpha value is -1.58. The second-order valence-electron chi connectivity index (χ2n) is 10.2. The molecule has 1 N–H and O–H groups in total. The summed E-state index contributed by atoms with van der Waals surface area (Å²) in [6.07, 6.45) is 10.8. The van der Waals surface area contributed by atoms with E-state index in [2.05, 4.69) is 38.1 Å². The number of carbonyl (C=O) groups excluding carboxylic acids is 1. The van der Waals surface area contributed by atoms with Crippen LogP contribution < -0.4 is 4.90 Å². The third-order valence-corrected chi connectivity index (χ3v) is 8.44. The zero-order chi connectivity index (χ0) is 20.9. The maximum atomic E-state index is 12.8. The molecule has 2 heterocycles. The van der Waals surface area contributed by atoms with Crippen molar-refractivity contribution < 1.29 is 14.4 Å². The number of fused-ring (bicyclic) bond motifs is 2. The lowest BCUT2D eigenvalue weighted by Gasteiger charge is -2.46. The zero-order valence-electron chi connectivity index (χ0n) is 18.1. The summed E-state index contributed by atoms with van der Waals surface area (Å²) in [7, 11) is 0. The smallest absolute Gasteiger partial charge is 0.315 e. The molecule has 0 bridgehead atoms. The Labute approximate surface area is 185 Å². The van der Waals surface area contributed by atoms with Gasteiger partial charge < -0.3 is 9.64 Å². The van der Waals surface area contributed by atoms with Gasteiger partial charge in [0.1, 0.15) is 12.0 Å². The predicted molar refractivity (Wildman–Crippen MR) is 120 cm³/mol. The van der Waals surface area contributed by atoms with Crippen molar-refractivity contribution in [3.05, 3.63) is 52.6 Å². The van der Waals surface area contributed by atoms with Crippen molar-refractivity contribution in [2.75, 3.05) is 19.6 Å². The minimum Gasteiger partial charge on any atom is -0.461 e. The first-order valence-corrected chi connectivity index (χ1v) is 12.0. The molecule has 4 aliphatic rings. The topological polar surface area (TPSA) is 30.7 Å². The Morgan fingerprint density at radius 2 is 2.07 bits per heavy atom. The highest BCUT2D eigenvalue weighted by Gasteiger charge is 2.52. The van der Waals surface area contributed by atoms with E-state index in [1.807, 2.05) is 12.1 Å². The van der Waals surface area contributed by atoms with E-state index in [1.54, 1.807) is 5.57 Å². The lowest BCUT2D eigenvalue weighted by Crippen LogP contribution is -3.13. The minimum absolute atomic E-state index is 0.0154. The van der Waals surface area contributed by atoms with Crippen LogP contribution in [0.3, 0.4) is 0 Å². The fourth-order valence-corrected chi connectivity index (χ4v) is 6.61. The highest BCUT2D eigenvalue weighted by Crippen LogP contribution is 2.53. The van der Waals surface area contributed by atoms with Gasteiger partial charge >= 0.3 is 5.97 Å². The van der Waals surface area contributed by atoms with Crippen LogP contribution in [0.4, 0.5) is 0 Å². The molecule has 0 radical (unpaired) electrons. The number of esters is 1. The first kappa shape index (κ1) is 20.3. The third kappa shape index (κ3) is 3.65. The first-order valence-electron chi connectivity index (χ1n) is 11.6. The SMILES string of the molecule is C[C@H]1CCC[C@]2(C)C[C@H]3OC(=O)[C@@H](C[NH+]4CC=C(c5ccc(Cl)cc5)CC4)[C@H]3C=C12. The summed E-state index contributed by atoms with van der Waals surface area (Å²) in [6.45, 7) is 7.70. The van der Waals surface area contributed by atoms with Crippen molar-refractivity contribution in [3.63, 3.8) is 0 Å². The van der Waals surface area contributed by atoms with Crippen LogP contribution in [-0.4, -0.2) is 31.7 Å². The molecule has 1 aromatic rings. The number of rotatable bonds is 3. The van der Waals surface area contributed by atoms with E-state index >= 15 is 0 Å². The van der Waals surface area contributed by atoms with Gasteiger partial charge in [-0.25, -0.2) is 0 Å². The fraction of sp³-hybridized carbons (Fsp3) is 0.577. The van der Waals surface area contributed by atoms with Gasteiger partial charge in [0.2, 0.25) is 0 Å². The number of halogens is 1. The van der Waals surface area contributed by atoms with E-state index in [0.29, 0.717) is 5.92 Å². The summed E-state index contributed by atoms with van der Waals surface area (Å²) in [5, 5.41) is 0.779. The van der Waals surface area contributed by atoms with Crippen molar-refractivity contribution in [1.82, 2.24) is 0 Å². The van der Waals surface area contributed by atoms with E-state index in [1.165, 1.54) is 35.3 Å². The molecule has 1 unspecified atom stereocenters. The van der Waals surface area contributed by atoms with Crippen LogP contribution in [-0.2, 0) is 9.53 Å². The number of hydrogen-bond acceptors (Lipinski definition) is 2. The molecule has 4 heteroatoms. The Bertz CT molecular complexity index is 889. The molecule has 2 aliphatic heterocycles. The quantitative estimate of drug-likeness (QED) is 0.576. The van der Waals surface area contributed by atoms with Gasteiger partial charge in [0, 0.05) is 17.4 Å². The average molecular weight is 427 g/mol. The zero-order valence-corrected chi connectivity index (χ0v) is 18.9. The van der Waals surface area contributed by atoms with Crippen molar-refractivity contribution in [1.29, 1.82) is 0 Å². The normalized spacial score (nSPS) is 38.2. The van der Waals surface area contributed by atoms with Gasteiger partial charge in [-0.05, 0) is 59.9 Å². The maximum Gasteiger partial charge on any atom is 0.315 e. The summed E-state index contributed by atoms with van der Waals surface area (Å²) in [6, 6.07) is 8.13. The van der Waals surface area contributed by atoms with Crippen LogP contribution in [0.2, 0.25) is 5.02 Å². The van der Waals surface area contributed by atoms with E-state index < -0.39 is 0 Å². The van der Waals surface area contributed by atoms with Crippen LogP contribution in [0.25, 0.3) is 5.57 Å². The molecule has 5 rings (SSSR count). The molecule has 0 spiro atoms. The molecule has 3 nitrogen and oxygen atoms in total. The second kappa shape index (κ2) is 7.84. The van der Waals surface area contributed by atoms with Crippen LogP contribution in [0, 0.1) is 23.2 Å². The van der Waals surface area contributed by atoms with Gasteiger partial charge in [0.25, 0.3) is 0 Å². The molecule has 160 valence electrons. The monoisotopic (exact) mass is 426 g/mol. The number of allylic oxidation sites excluding steroid dienone is 1. The highest BCUT2D eigenvalue weighted by molar-refractivity contribution is 6.30. The molecule has 1 saturated heterocycles. The highest BCUT2D eigenvalue weighted by atomic mass is 35.5. The lowest BCUT2D eigenvalue weighted by atomic mass is 9.59. The molecule has 30 heavy (non-hydrogen) atoms. The van der Waals surface area contributed by atoms with Crippen LogP contribution in [0.1, 0.15) is 51.5 Å². The van der Waals surface area contributed by atoms with Crippen LogP contribution in [0.15, 0.2) is 42.0 Å². The molecule has 0 amide bonds. The summed E-state index contributed by atoms with van der Waals surface area (Å²) in [5.74, 6) is 0.974. The summed E-state index contributed by atoms with van der Waals surface area (Å²) >= 11 is 6.03. The lowest BCUT2D eigenvalue weighted by molar-refractivity contribution is -0.897. The largest absolute Gasteiger partial charge is 0.461 e. The minimum atomic E-state index is 0.0154. The summed E-state index contributed by atoms with van der Waals surface area (Å²) in [5.41, 5.74) is 4.51. The Morgan fingerprint density at radius 3 is 2.80 bits per heavy atom. The van der Waals surface area contributed by atoms with Gasteiger partial charge in [0.15, 0.2) is 0 Å². The third-order valence-electron chi connectivity index (χ3n) is 8.19. The van der Waals surface area contributed by atoms with Crippen molar-refractivity contribution >= 4 is 23.1 Å². The standard InChI is InChI=1S/C26H32ClNO2/c1-17-4-3-11-26(2)15-24-21(14-23(17)26)22(25(29)30-24)16-28-12-9-19(10-13-28)18-5-7-20(27)8-6-18/h5-9,14,17,21-22,24H,3-4,10-13,15-16H2,1-2H3/p+1/t17-,21+,22-,24+,26+/m0/s1. The summed E-state index contributed by atoms with van der Waals surface area (Å²) < 4.78 is 5.95. The molecule has 6 atom stereocenters. The number of ether oxygens (including phenoxy) is 1. The van der Waals surface area contributed by atoms with Gasteiger partial charge in [-0.1, -0.05) is 55.7 Å². The van der Waals surface area contributed by atoms with Crippen molar-refractivity contribution in [2.24, 2.45) is 23.2 Å². The van der Waals surface area contributed by atoms with Crippen LogP contribution >= 0.6 is 11.6 Å². The van der Waals surface area contributed by atoms with Crippen molar-refractivity contribution in [2.45, 2.75) is 52.1 Å². The number of benzene rings is 1. The van der Waals surface area contributed by atoms with Gasteiger partial charge in [-0.3, -0.25) is 4.79 Å². The van der Waals surface area contributed by atoms with Crippen molar-refractivity contribution in [3.8, 4) is 0 Å². The number of hydrogen-bond donors (Lipinski definition) is 1. The van der Waals surface area contributed by atoms with Gasteiger partial charge in [0.05, 0.1) is 19.6 Å². The van der Waals surface area contributed by atoms with E-state index in [-0.39, 0.29) is 29.3 Å². The molecule has 1 saturated carbocycles. The Morgan fingerprint density at radius 1 is 1.27 bits per heavy atom. The molecular weight excluding hydrogens is 394 g/mol. The van der Waals surface area contributed by atoms with E-state index in [0.717, 1.165) is 37.5 Å². The van der Waals surface area contributed by atoms with Crippen LogP contribution in [0.5, 0.6) is 0 Å². The fourth-order valence-electron chi connectivity index (χ4n) is 6.49. The van der Waals surface area contributed by atoms with Gasteiger partial charge in [-0.2, -0.15) is 0 Å². The molecule has 0 aromatic heterocycles. The molecule has 2 fully saturated rings. The first-order chi connectivity index (χ1) is 14.4. The van der Waals surface area contributed by atoms with Gasteiger partial charge in [-0.15, -0.1) is 0 Å². The van der Waals surface area contributed by atoms with E-state index in [9.17, 15) is 4.79 Å². The average Bonchev–Trinajstić information content (AvgIpc) is 3.01. The maximum absolute atomic E-state index is 12.8. The number of carbonyl (C=O) groups is 1. The number of nitrogens with one attached hydrogen (secondary N) is 1. The predicted octanol–water partition coefficient (Wildman–Crippen LogP) is 4.33. The molecular formula is C26H33ClNO2+. The molecule has 1 aromatic carbocycles. The van der Waals surface area contributed by atoms with E-state index in [4.69, 9.17) is 16.3 Å². The number of quaternary nitrogens is 1. The molecule has 2 aliphatic carbocycles. The second-order valence-corrected chi connectivity index (χ2v) is 10.7. The Balaban J connectivity index is 1.30. The summed E-state index contributed by atoms with van der Waals surface area (Å²) in [4.78, 5) is 14.3.